The van der Waals surface area contributed by atoms with Gasteiger partial charge < -0.3 is 19.5 Å². The number of hydrogen-bond acceptors (Lipinski definition) is 3. The van der Waals surface area contributed by atoms with Crippen molar-refractivity contribution >= 4 is 22.7 Å². The highest BCUT2D eigenvalue weighted by Crippen LogP contribution is 2.43. The molecule has 0 unspecified atom stereocenters. The first-order valence-corrected chi connectivity index (χ1v) is 13.4. The molecule has 2 amide bonds. The smallest absolute Gasteiger partial charge is 0.271 e. The normalized spacial score (nSPS) is 24.3. The average Bonchev–Trinajstić information content (AvgIpc) is 3.27. The first-order valence-electron chi connectivity index (χ1n) is 13.4. The molecule has 2 heterocycles. The number of aromatic nitrogens is 1. The van der Waals surface area contributed by atoms with Crippen molar-refractivity contribution in [3.05, 3.63) is 65.4 Å². The number of amides is 2. The lowest BCUT2D eigenvalue weighted by molar-refractivity contribution is -0.135. The number of fused-ring (bicyclic) bond motifs is 4. The first kappa shape index (κ1) is 23.1. The Morgan fingerprint density at radius 3 is 2.64 bits per heavy atom. The summed E-state index contributed by atoms with van der Waals surface area (Å²) in [6.07, 6.45) is 8.43. The maximum atomic E-state index is 14.4. The number of benzene rings is 2. The summed E-state index contributed by atoms with van der Waals surface area (Å²) in [5.74, 6) is 0.633. The van der Waals surface area contributed by atoms with Crippen LogP contribution in [0.5, 0.6) is 5.75 Å². The Balaban J connectivity index is 1.47. The number of rotatable bonds is 4. The fourth-order valence-corrected chi connectivity index (χ4v) is 6.69. The van der Waals surface area contributed by atoms with Crippen LogP contribution in [0.3, 0.4) is 0 Å². The van der Waals surface area contributed by atoms with E-state index < -0.39 is 5.54 Å². The molecule has 3 aromatic rings. The highest BCUT2D eigenvalue weighted by atomic mass is 16.5. The third kappa shape index (κ3) is 3.69. The van der Waals surface area contributed by atoms with E-state index in [1.807, 2.05) is 46.7 Å². The second kappa shape index (κ2) is 8.99. The lowest BCUT2D eigenvalue weighted by Crippen LogP contribution is -2.65. The number of nitrogens with zero attached hydrogens (tertiary/aromatic N) is 2. The van der Waals surface area contributed by atoms with Crippen molar-refractivity contribution < 1.29 is 14.3 Å². The van der Waals surface area contributed by atoms with Crippen molar-refractivity contribution in [2.45, 2.75) is 82.5 Å². The summed E-state index contributed by atoms with van der Waals surface area (Å²) < 4.78 is 7.51. The Labute approximate surface area is 212 Å². The molecule has 0 radical (unpaired) electrons. The minimum atomic E-state index is -1.01. The molecule has 1 saturated carbocycles. The molecule has 1 N–H and O–H groups in total. The van der Waals surface area contributed by atoms with Gasteiger partial charge in [-0.05, 0) is 68.4 Å². The fraction of sp³-hybridized carbons (Fsp3) is 0.467. The molecule has 0 saturated heterocycles. The molecule has 1 aromatic heterocycles. The summed E-state index contributed by atoms with van der Waals surface area (Å²) in [6.45, 7) is 2.39. The van der Waals surface area contributed by atoms with Gasteiger partial charge in [0.1, 0.15) is 17.0 Å². The topological polar surface area (TPSA) is 63.6 Å². The van der Waals surface area contributed by atoms with E-state index in [9.17, 15) is 9.59 Å². The largest absolute Gasteiger partial charge is 0.497 e. The third-order valence-electron chi connectivity index (χ3n) is 8.63. The Bertz CT molecular complexity index is 1320. The lowest BCUT2D eigenvalue weighted by Gasteiger charge is -2.49. The van der Waals surface area contributed by atoms with Crippen molar-refractivity contribution in [1.29, 1.82) is 0 Å². The van der Waals surface area contributed by atoms with Crippen LogP contribution in [0.25, 0.3) is 10.9 Å². The Kier molecular flexibility index (Phi) is 5.78. The van der Waals surface area contributed by atoms with E-state index in [1.54, 1.807) is 7.11 Å². The van der Waals surface area contributed by atoms with Gasteiger partial charge in [-0.1, -0.05) is 43.5 Å². The number of ether oxygens (including phenoxy) is 1. The Morgan fingerprint density at radius 1 is 1.03 bits per heavy atom. The molecule has 1 aliphatic heterocycles. The van der Waals surface area contributed by atoms with Crippen LogP contribution in [0.15, 0.2) is 48.5 Å². The summed E-state index contributed by atoms with van der Waals surface area (Å²) in [5.41, 5.74) is 3.03. The zero-order chi connectivity index (χ0) is 24.9. The number of aryl methyl sites for hydroxylation is 1. The van der Waals surface area contributed by atoms with Crippen LogP contribution in [0.4, 0.5) is 0 Å². The highest BCUT2D eigenvalue weighted by molar-refractivity contribution is 6.04. The molecular weight excluding hydrogens is 450 g/mol. The van der Waals surface area contributed by atoms with Crippen LogP contribution < -0.4 is 10.1 Å². The molecule has 36 heavy (non-hydrogen) atoms. The van der Waals surface area contributed by atoms with Crippen LogP contribution in [0.2, 0.25) is 0 Å². The molecule has 2 atom stereocenters. The molecule has 3 aliphatic rings. The number of carbonyl (C=O) groups excluding carboxylic acids is 2. The summed E-state index contributed by atoms with van der Waals surface area (Å²) in [5, 5.41) is 4.35. The van der Waals surface area contributed by atoms with Gasteiger partial charge >= 0.3 is 0 Å². The second-order valence-electron chi connectivity index (χ2n) is 10.9. The standard InChI is InChI=1S/C30H35N3O3/c1-30(29(35)31-22-11-4-3-5-12-22)19-32-26-18-23(36-2)16-15-21(26)17-27(32)28(34)33(30)25-14-8-10-20-9-6-7-13-24(20)25/h6-7,9,13,15-18,22,25H,3-5,8,10-12,14,19H2,1-2H3,(H,31,35)/t25-,30+/m0/s1. The predicted octanol–water partition coefficient (Wildman–Crippen LogP) is 5.39. The van der Waals surface area contributed by atoms with E-state index in [4.69, 9.17) is 4.74 Å². The van der Waals surface area contributed by atoms with Gasteiger partial charge in [-0.2, -0.15) is 0 Å². The molecule has 2 aromatic carbocycles. The van der Waals surface area contributed by atoms with Gasteiger partial charge in [0.15, 0.2) is 0 Å². The van der Waals surface area contributed by atoms with E-state index in [0.29, 0.717) is 12.2 Å². The maximum absolute atomic E-state index is 14.4. The molecular formula is C30H35N3O3. The van der Waals surface area contributed by atoms with Gasteiger partial charge in [0, 0.05) is 17.5 Å². The second-order valence-corrected chi connectivity index (χ2v) is 10.9. The third-order valence-corrected chi connectivity index (χ3v) is 8.63. The van der Waals surface area contributed by atoms with Gasteiger partial charge in [0.25, 0.3) is 5.91 Å². The molecule has 1 fully saturated rings. The van der Waals surface area contributed by atoms with E-state index in [1.165, 1.54) is 17.5 Å². The number of methoxy groups -OCH3 is 1. The van der Waals surface area contributed by atoms with E-state index in [0.717, 1.165) is 61.6 Å². The summed E-state index contributed by atoms with van der Waals surface area (Å²) in [7, 11) is 1.65. The minimum absolute atomic E-state index is 0.0406. The zero-order valence-electron chi connectivity index (χ0n) is 21.3. The van der Waals surface area contributed by atoms with Crippen LogP contribution in [0.1, 0.15) is 79.5 Å². The summed E-state index contributed by atoms with van der Waals surface area (Å²) >= 11 is 0. The average molecular weight is 486 g/mol. The van der Waals surface area contributed by atoms with Crippen LogP contribution in [0, 0.1) is 0 Å². The van der Waals surface area contributed by atoms with E-state index in [-0.39, 0.29) is 23.9 Å². The predicted molar refractivity (Wildman–Crippen MR) is 140 cm³/mol. The van der Waals surface area contributed by atoms with Gasteiger partial charge in [-0.15, -0.1) is 0 Å². The van der Waals surface area contributed by atoms with Crippen molar-refractivity contribution in [3.63, 3.8) is 0 Å². The molecule has 6 rings (SSSR count). The highest BCUT2D eigenvalue weighted by Gasteiger charge is 2.51. The lowest BCUT2D eigenvalue weighted by atomic mass is 9.82. The van der Waals surface area contributed by atoms with Gasteiger partial charge in [0.05, 0.1) is 25.2 Å². The monoisotopic (exact) mass is 485 g/mol. The van der Waals surface area contributed by atoms with Crippen molar-refractivity contribution in [2.75, 3.05) is 7.11 Å². The Hall–Kier alpha value is -3.28. The number of nitrogens with one attached hydrogen (secondary N) is 1. The number of hydrogen-bond donors (Lipinski definition) is 1. The number of carbonyl (C=O) groups is 2. The molecule has 6 heteroatoms. The quantitative estimate of drug-likeness (QED) is 0.539. The molecule has 0 bridgehead atoms. The van der Waals surface area contributed by atoms with Crippen molar-refractivity contribution in [3.8, 4) is 5.75 Å². The zero-order valence-corrected chi connectivity index (χ0v) is 21.3. The van der Waals surface area contributed by atoms with Gasteiger partial charge in [-0.3, -0.25) is 9.59 Å². The molecule has 0 spiro atoms. The van der Waals surface area contributed by atoms with E-state index in [2.05, 4.69) is 23.5 Å². The maximum Gasteiger partial charge on any atom is 0.271 e. The van der Waals surface area contributed by atoms with E-state index >= 15 is 0 Å². The Morgan fingerprint density at radius 2 is 1.83 bits per heavy atom. The molecule has 188 valence electrons. The first-order chi connectivity index (χ1) is 17.5. The van der Waals surface area contributed by atoms with Crippen LogP contribution in [-0.4, -0.2) is 40.0 Å². The van der Waals surface area contributed by atoms with Gasteiger partial charge in [-0.25, -0.2) is 0 Å². The van der Waals surface area contributed by atoms with Crippen molar-refractivity contribution in [1.82, 2.24) is 14.8 Å². The fourth-order valence-electron chi connectivity index (χ4n) is 6.69. The van der Waals surface area contributed by atoms with Crippen LogP contribution in [-0.2, 0) is 17.8 Å². The SMILES string of the molecule is COc1ccc2cc3n(c2c1)C[C@](C)(C(=O)NC1CCCCC1)N([C@H]1CCCc2ccccc21)C3=O. The summed E-state index contributed by atoms with van der Waals surface area (Å²) in [4.78, 5) is 30.4. The van der Waals surface area contributed by atoms with Gasteiger partial charge in [0.2, 0.25) is 5.91 Å². The molecule has 2 aliphatic carbocycles. The van der Waals surface area contributed by atoms with Crippen molar-refractivity contribution in [2.24, 2.45) is 0 Å². The minimum Gasteiger partial charge on any atom is -0.497 e. The van der Waals surface area contributed by atoms with Crippen LogP contribution >= 0.6 is 0 Å². The summed E-state index contributed by atoms with van der Waals surface area (Å²) in [6, 6.07) is 16.3. The molecule has 6 nitrogen and oxygen atoms in total.